The molecule has 2 aromatic carbocycles. The SMILES string of the molecule is CCCCCCCCCOc1ccc(-c2ccccc2C(=O)S)cc1. The Morgan fingerprint density at radius 2 is 1.52 bits per heavy atom. The molecule has 25 heavy (non-hydrogen) atoms. The van der Waals surface area contributed by atoms with Crippen LogP contribution in [0.25, 0.3) is 11.1 Å². The summed E-state index contributed by atoms with van der Waals surface area (Å²) in [6, 6.07) is 15.5. The maximum Gasteiger partial charge on any atom is 0.216 e. The lowest BCUT2D eigenvalue weighted by Crippen LogP contribution is -1.97. The lowest BCUT2D eigenvalue weighted by molar-refractivity contribution is 0.109. The van der Waals surface area contributed by atoms with Gasteiger partial charge in [0.05, 0.1) is 6.61 Å². The zero-order valence-corrected chi connectivity index (χ0v) is 15.9. The molecule has 2 rings (SSSR count). The van der Waals surface area contributed by atoms with E-state index in [9.17, 15) is 4.79 Å². The zero-order chi connectivity index (χ0) is 17.9. The van der Waals surface area contributed by atoms with Crippen LogP contribution in [0.15, 0.2) is 48.5 Å². The van der Waals surface area contributed by atoms with Gasteiger partial charge in [0, 0.05) is 5.56 Å². The Hall–Kier alpha value is -1.74. The molecule has 0 aliphatic heterocycles. The second-order valence-corrected chi connectivity index (χ2v) is 6.75. The van der Waals surface area contributed by atoms with Gasteiger partial charge in [-0.05, 0) is 35.7 Å². The first-order valence-electron chi connectivity index (χ1n) is 9.28. The Bertz CT molecular complexity index is 649. The van der Waals surface area contributed by atoms with E-state index in [4.69, 9.17) is 4.74 Å². The molecule has 0 N–H and O–H groups in total. The zero-order valence-electron chi connectivity index (χ0n) is 15.0. The molecule has 0 aromatic heterocycles. The van der Waals surface area contributed by atoms with Gasteiger partial charge in [-0.25, -0.2) is 0 Å². The number of rotatable bonds is 11. The Balaban J connectivity index is 1.80. The van der Waals surface area contributed by atoms with Gasteiger partial charge in [-0.15, -0.1) is 12.6 Å². The second kappa shape index (κ2) is 11.0. The van der Waals surface area contributed by atoms with Crippen molar-refractivity contribution in [1.29, 1.82) is 0 Å². The largest absolute Gasteiger partial charge is 0.494 e. The number of hydrogen-bond donors (Lipinski definition) is 1. The first-order valence-corrected chi connectivity index (χ1v) is 9.72. The molecule has 134 valence electrons. The highest BCUT2D eigenvalue weighted by molar-refractivity contribution is 7.97. The topological polar surface area (TPSA) is 26.3 Å². The number of thiol groups is 1. The highest BCUT2D eigenvalue weighted by Crippen LogP contribution is 2.26. The van der Waals surface area contributed by atoms with Crippen LogP contribution in [0, 0.1) is 0 Å². The molecule has 0 spiro atoms. The predicted molar refractivity (Wildman–Crippen MR) is 109 cm³/mol. The van der Waals surface area contributed by atoms with Crippen molar-refractivity contribution in [3.05, 3.63) is 54.1 Å². The van der Waals surface area contributed by atoms with Gasteiger partial charge in [-0.3, -0.25) is 4.79 Å². The summed E-state index contributed by atoms with van der Waals surface area (Å²) in [5.74, 6) is 0.879. The molecule has 0 saturated carbocycles. The van der Waals surface area contributed by atoms with Gasteiger partial charge in [0.2, 0.25) is 5.12 Å². The lowest BCUT2D eigenvalue weighted by atomic mass is 10.0. The third-order valence-corrected chi connectivity index (χ3v) is 4.58. The summed E-state index contributed by atoms with van der Waals surface area (Å²) >= 11 is 3.96. The maximum atomic E-state index is 11.6. The molecule has 3 heteroatoms. The van der Waals surface area contributed by atoms with E-state index < -0.39 is 0 Å². The van der Waals surface area contributed by atoms with Crippen LogP contribution in [0.2, 0.25) is 0 Å². The van der Waals surface area contributed by atoms with E-state index in [0.29, 0.717) is 5.56 Å². The molecular formula is C22H28O2S. The van der Waals surface area contributed by atoms with Gasteiger partial charge in [0.25, 0.3) is 0 Å². The van der Waals surface area contributed by atoms with Crippen molar-refractivity contribution in [2.75, 3.05) is 6.61 Å². The van der Waals surface area contributed by atoms with Crippen molar-refractivity contribution in [1.82, 2.24) is 0 Å². The summed E-state index contributed by atoms with van der Waals surface area (Å²) in [6.07, 6.45) is 8.98. The van der Waals surface area contributed by atoms with Crippen LogP contribution in [-0.2, 0) is 0 Å². The van der Waals surface area contributed by atoms with Gasteiger partial charge in [0.15, 0.2) is 0 Å². The fourth-order valence-electron chi connectivity index (χ4n) is 2.90. The van der Waals surface area contributed by atoms with Gasteiger partial charge in [-0.2, -0.15) is 0 Å². The van der Waals surface area contributed by atoms with Crippen LogP contribution in [0.1, 0.15) is 62.2 Å². The molecule has 0 radical (unpaired) electrons. The molecule has 0 atom stereocenters. The minimum absolute atomic E-state index is 0.213. The number of carbonyl (C=O) groups is 1. The lowest BCUT2D eigenvalue weighted by Gasteiger charge is -2.09. The quantitative estimate of drug-likeness (QED) is 0.365. The van der Waals surface area contributed by atoms with E-state index in [2.05, 4.69) is 19.6 Å². The standard InChI is InChI=1S/C22H28O2S/c1-2-3-4-5-6-7-10-17-24-19-15-13-18(14-16-19)20-11-8-9-12-21(20)22(23)25/h8-9,11-16H,2-7,10,17H2,1H3,(H,23,25). The molecule has 0 saturated heterocycles. The van der Waals surface area contributed by atoms with Gasteiger partial charge < -0.3 is 4.74 Å². The van der Waals surface area contributed by atoms with Crippen LogP contribution < -0.4 is 4.74 Å². The van der Waals surface area contributed by atoms with Crippen LogP contribution in [0.3, 0.4) is 0 Å². The highest BCUT2D eigenvalue weighted by atomic mass is 32.1. The third-order valence-electron chi connectivity index (χ3n) is 4.34. The predicted octanol–water partition coefficient (Wildman–Crippen LogP) is 6.55. The number of unbranched alkanes of at least 4 members (excludes halogenated alkanes) is 6. The molecule has 0 aliphatic carbocycles. The molecule has 2 nitrogen and oxygen atoms in total. The molecule has 0 aliphatic rings. The molecule has 0 bridgehead atoms. The summed E-state index contributed by atoms with van der Waals surface area (Å²) in [4.78, 5) is 11.6. The van der Waals surface area contributed by atoms with Crippen molar-refractivity contribution in [2.24, 2.45) is 0 Å². The van der Waals surface area contributed by atoms with Gasteiger partial charge >= 0.3 is 0 Å². The van der Waals surface area contributed by atoms with Crippen LogP contribution in [0.5, 0.6) is 5.75 Å². The summed E-state index contributed by atoms with van der Waals surface area (Å²) in [7, 11) is 0. The first-order chi connectivity index (χ1) is 12.2. The molecule has 0 unspecified atom stereocenters. The van der Waals surface area contributed by atoms with Gasteiger partial charge in [-0.1, -0.05) is 75.8 Å². The summed E-state index contributed by atoms with van der Waals surface area (Å²) in [6.45, 7) is 3.01. The van der Waals surface area contributed by atoms with E-state index in [-0.39, 0.29) is 5.12 Å². The van der Waals surface area contributed by atoms with E-state index in [1.54, 1.807) is 6.07 Å². The molecule has 2 aromatic rings. The second-order valence-electron chi connectivity index (χ2n) is 6.34. The fourth-order valence-corrected chi connectivity index (χ4v) is 3.10. The van der Waals surface area contributed by atoms with E-state index in [0.717, 1.165) is 29.9 Å². The minimum Gasteiger partial charge on any atom is -0.494 e. The van der Waals surface area contributed by atoms with Gasteiger partial charge in [0.1, 0.15) is 5.75 Å². The smallest absolute Gasteiger partial charge is 0.216 e. The third kappa shape index (κ3) is 6.58. The Morgan fingerprint density at radius 3 is 2.20 bits per heavy atom. The molecular weight excluding hydrogens is 328 g/mol. The average molecular weight is 357 g/mol. The minimum atomic E-state index is -0.213. The fraction of sp³-hybridized carbons (Fsp3) is 0.409. The van der Waals surface area contributed by atoms with Crippen molar-refractivity contribution >= 4 is 17.7 Å². The highest BCUT2D eigenvalue weighted by Gasteiger charge is 2.09. The summed E-state index contributed by atoms with van der Waals surface area (Å²) < 4.78 is 5.82. The van der Waals surface area contributed by atoms with Crippen LogP contribution in [0.4, 0.5) is 0 Å². The van der Waals surface area contributed by atoms with Crippen molar-refractivity contribution < 1.29 is 9.53 Å². The van der Waals surface area contributed by atoms with Crippen molar-refractivity contribution in [3.63, 3.8) is 0 Å². The van der Waals surface area contributed by atoms with E-state index in [1.165, 1.54) is 38.5 Å². The average Bonchev–Trinajstić information content (AvgIpc) is 2.64. The molecule has 0 fully saturated rings. The normalized spacial score (nSPS) is 10.6. The Morgan fingerprint density at radius 1 is 0.880 bits per heavy atom. The molecule has 0 amide bonds. The number of carbonyl (C=O) groups excluding carboxylic acids is 1. The first kappa shape index (κ1) is 19.6. The van der Waals surface area contributed by atoms with Crippen LogP contribution >= 0.6 is 12.6 Å². The Labute approximate surface area is 157 Å². The van der Waals surface area contributed by atoms with Crippen molar-refractivity contribution in [3.8, 4) is 16.9 Å². The van der Waals surface area contributed by atoms with E-state index >= 15 is 0 Å². The number of ether oxygens (including phenoxy) is 1. The summed E-state index contributed by atoms with van der Waals surface area (Å²) in [5.41, 5.74) is 2.53. The maximum absolute atomic E-state index is 11.6. The molecule has 0 heterocycles. The number of hydrogen-bond acceptors (Lipinski definition) is 2. The number of benzene rings is 2. The summed E-state index contributed by atoms with van der Waals surface area (Å²) in [5, 5.41) is -0.213. The van der Waals surface area contributed by atoms with Crippen LogP contribution in [-0.4, -0.2) is 11.7 Å². The monoisotopic (exact) mass is 356 g/mol. The van der Waals surface area contributed by atoms with E-state index in [1.807, 2.05) is 42.5 Å². The van der Waals surface area contributed by atoms with Crippen molar-refractivity contribution in [2.45, 2.75) is 51.9 Å². The Kier molecular flexibility index (Phi) is 8.61.